The summed E-state index contributed by atoms with van der Waals surface area (Å²) in [7, 11) is -3.07. The standard InChI is InChI=1S/C12H24N2O2S/c1-2-5-12(6-7-12)10-14-17(15,16)9-8-13-11-3-4-11/h11,13-14H,2-10H2,1H3. The van der Waals surface area contributed by atoms with Crippen molar-refractivity contribution in [2.75, 3.05) is 18.8 Å². The molecule has 2 saturated carbocycles. The molecule has 0 saturated heterocycles. The van der Waals surface area contributed by atoms with Crippen molar-refractivity contribution in [1.29, 1.82) is 0 Å². The molecule has 0 unspecified atom stereocenters. The summed E-state index contributed by atoms with van der Waals surface area (Å²) >= 11 is 0. The molecule has 2 aliphatic rings. The minimum absolute atomic E-state index is 0.214. The molecule has 100 valence electrons. The Hall–Kier alpha value is -0.130. The SMILES string of the molecule is CCCC1(CNS(=O)(=O)CCNC2CC2)CC1. The van der Waals surface area contributed by atoms with Crippen molar-refractivity contribution in [1.82, 2.24) is 10.0 Å². The maximum atomic E-state index is 11.8. The van der Waals surface area contributed by atoms with Crippen LogP contribution in [0.15, 0.2) is 0 Å². The van der Waals surface area contributed by atoms with Crippen LogP contribution in [0.2, 0.25) is 0 Å². The van der Waals surface area contributed by atoms with E-state index in [4.69, 9.17) is 0 Å². The zero-order valence-electron chi connectivity index (χ0n) is 10.7. The quantitative estimate of drug-likeness (QED) is 0.656. The van der Waals surface area contributed by atoms with Gasteiger partial charge in [-0.2, -0.15) is 0 Å². The van der Waals surface area contributed by atoms with Gasteiger partial charge >= 0.3 is 0 Å². The van der Waals surface area contributed by atoms with E-state index in [-0.39, 0.29) is 5.75 Å². The van der Waals surface area contributed by atoms with Gasteiger partial charge in [-0.25, -0.2) is 13.1 Å². The molecule has 0 aromatic heterocycles. The Morgan fingerprint density at radius 2 is 2.00 bits per heavy atom. The lowest BCUT2D eigenvalue weighted by Gasteiger charge is -2.15. The van der Waals surface area contributed by atoms with E-state index in [2.05, 4.69) is 17.0 Å². The second-order valence-electron chi connectivity index (χ2n) is 5.62. The fraction of sp³-hybridized carbons (Fsp3) is 1.00. The topological polar surface area (TPSA) is 58.2 Å². The molecule has 0 heterocycles. The first-order chi connectivity index (χ1) is 8.05. The summed E-state index contributed by atoms with van der Waals surface area (Å²) in [5.41, 5.74) is 0.297. The molecule has 0 radical (unpaired) electrons. The molecule has 0 aliphatic heterocycles. The summed E-state index contributed by atoms with van der Waals surface area (Å²) in [6.45, 7) is 3.39. The van der Waals surface area contributed by atoms with Crippen molar-refractivity contribution in [3.8, 4) is 0 Å². The van der Waals surface area contributed by atoms with Gasteiger partial charge in [-0.15, -0.1) is 0 Å². The number of nitrogens with one attached hydrogen (secondary N) is 2. The minimum Gasteiger partial charge on any atom is -0.313 e. The summed E-state index contributed by atoms with van der Waals surface area (Å²) in [4.78, 5) is 0. The Balaban J connectivity index is 1.65. The van der Waals surface area contributed by atoms with Gasteiger partial charge in [0.25, 0.3) is 0 Å². The molecule has 0 bridgehead atoms. The van der Waals surface area contributed by atoms with Crippen LogP contribution >= 0.6 is 0 Å². The fourth-order valence-electron chi connectivity index (χ4n) is 2.24. The van der Waals surface area contributed by atoms with Gasteiger partial charge < -0.3 is 5.32 Å². The molecule has 17 heavy (non-hydrogen) atoms. The minimum atomic E-state index is -3.07. The highest BCUT2D eigenvalue weighted by atomic mass is 32.2. The molecule has 2 fully saturated rings. The predicted octanol–water partition coefficient (Wildman–Crippen LogP) is 1.24. The number of hydrogen-bond donors (Lipinski definition) is 2. The summed E-state index contributed by atoms with van der Waals surface area (Å²) in [6.07, 6.45) is 7.06. The van der Waals surface area contributed by atoms with Gasteiger partial charge in [0.1, 0.15) is 0 Å². The smallest absolute Gasteiger partial charge is 0.212 e. The summed E-state index contributed by atoms with van der Waals surface area (Å²) in [5.74, 6) is 0.214. The Morgan fingerprint density at radius 3 is 2.53 bits per heavy atom. The van der Waals surface area contributed by atoms with Crippen molar-refractivity contribution in [3.05, 3.63) is 0 Å². The molecular formula is C12H24N2O2S. The van der Waals surface area contributed by atoms with Crippen molar-refractivity contribution in [2.45, 2.75) is 51.5 Å². The summed E-state index contributed by atoms with van der Waals surface area (Å²) in [6, 6.07) is 0.583. The van der Waals surface area contributed by atoms with Gasteiger partial charge in [0.15, 0.2) is 0 Å². The first kappa shape index (κ1) is 13.3. The highest BCUT2D eigenvalue weighted by Gasteiger charge is 2.41. The number of hydrogen-bond acceptors (Lipinski definition) is 3. The molecule has 0 amide bonds. The Kier molecular flexibility index (Phi) is 4.10. The monoisotopic (exact) mass is 260 g/mol. The second-order valence-corrected chi connectivity index (χ2v) is 7.54. The van der Waals surface area contributed by atoms with E-state index in [1.807, 2.05) is 0 Å². The van der Waals surface area contributed by atoms with Gasteiger partial charge in [0.05, 0.1) is 5.75 Å². The molecule has 2 aliphatic carbocycles. The lowest BCUT2D eigenvalue weighted by Crippen LogP contribution is -2.35. The molecule has 0 spiro atoms. The fourth-order valence-corrected chi connectivity index (χ4v) is 3.30. The van der Waals surface area contributed by atoms with Gasteiger partial charge in [0.2, 0.25) is 10.0 Å². The van der Waals surface area contributed by atoms with E-state index in [0.717, 1.165) is 12.8 Å². The van der Waals surface area contributed by atoms with Gasteiger partial charge in [-0.3, -0.25) is 0 Å². The third-order valence-electron chi connectivity index (χ3n) is 3.79. The highest BCUT2D eigenvalue weighted by molar-refractivity contribution is 7.89. The van der Waals surface area contributed by atoms with Crippen LogP contribution in [0.1, 0.15) is 45.4 Å². The molecule has 5 heteroatoms. The zero-order chi connectivity index (χ0) is 12.4. The van der Waals surface area contributed by atoms with E-state index < -0.39 is 10.0 Å². The summed E-state index contributed by atoms with van der Waals surface area (Å²) in [5, 5.41) is 3.23. The molecular weight excluding hydrogens is 236 g/mol. The van der Waals surface area contributed by atoms with Crippen molar-refractivity contribution >= 4 is 10.0 Å². The van der Waals surface area contributed by atoms with Crippen molar-refractivity contribution in [3.63, 3.8) is 0 Å². The van der Waals surface area contributed by atoms with Crippen LogP contribution in [-0.2, 0) is 10.0 Å². The third kappa shape index (κ3) is 4.56. The van der Waals surface area contributed by atoms with Crippen LogP contribution in [-0.4, -0.2) is 33.3 Å². The molecule has 0 aromatic carbocycles. The highest BCUT2D eigenvalue weighted by Crippen LogP contribution is 2.48. The molecule has 0 atom stereocenters. The van der Waals surface area contributed by atoms with Crippen LogP contribution in [0.5, 0.6) is 0 Å². The van der Waals surface area contributed by atoms with Crippen LogP contribution in [0, 0.1) is 5.41 Å². The zero-order valence-corrected chi connectivity index (χ0v) is 11.5. The maximum absolute atomic E-state index is 11.8. The predicted molar refractivity (Wildman–Crippen MR) is 69.4 cm³/mol. The molecule has 2 N–H and O–H groups in total. The van der Waals surface area contributed by atoms with E-state index in [1.54, 1.807) is 0 Å². The molecule has 2 rings (SSSR count). The van der Waals surface area contributed by atoms with Gasteiger partial charge in [0, 0.05) is 19.1 Å². The Bertz CT molecular complexity index is 346. The molecule has 0 aromatic rings. The Morgan fingerprint density at radius 1 is 1.29 bits per heavy atom. The van der Waals surface area contributed by atoms with Crippen LogP contribution in [0.4, 0.5) is 0 Å². The van der Waals surface area contributed by atoms with E-state index in [1.165, 1.54) is 25.7 Å². The van der Waals surface area contributed by atoms with Crippen LogP contribution in [0.3, 0.4) is 0 Å². The average molecular weight is 260 g/mol. The number of sulfonamides is 1. The van der Waals surface area contributed by atoms with E-state index >= 15 is 0 Å². The third-order valence-corrected chi connectivity index (χ3v) is 5.11. The molecule has 4 nitrogen and oxygen atoms in total. The lowest BCUT2D eigenvalue weighted by atomic mass is 10.0. The largest absolute Gasteiger partial charge is 0.313 e. The van der Waals surface area contributed by atoms with Crippen LogP contribution < -0.4 is 10.0 Å². The van der Waals surface area contributed by atoms with Gasteiger partial charge in [-0.1, -0.05) is 13.3 Å². The first-order valence-corrected chi connectivity index (χ1v) is 8.41. The summed E-state index contributed by atoms with van der Waals surface area (Å²) < 4.78 is 26.3. The Labute approximate surface area is 105 Å². The van der Waals surface area contributed by atoms with Crippen LogP contribution in [0.25, 0.3) is 0 Å². The average Bonchev–Trinajstić information content (AvgIpc) is 3.12. The van der Waals surface area contributed by atoms with Gasteiger partial charge in [-0.05, 0) is 37.5 Å². The van der Waals surface area contributed by atoms with Crippen molar-refractivity contribution in [2.24, 2.45) is 5.41 Å². The second kappa shape index (κ2) is 5.24. The number of rotatable bonds is 9. The maximum Gasteiger partial charge on any atom is 0.212 e. The first-order valence-electron chi connectivity index (χ1n) is 6.76. The van der Waals surface area contributed by atoms with E-state index in [9.17, 15) is 8.42 Å². The van der Waals surface area contributed by atoms with E-state index in [0.29, 0.717) is 24.5 Å². The normalized spacial score (nSPS) is 22.6. The van der Waals surface area contributed by atoms with Crippen molar-refractivity contribution < 1.29 is 8.42 Å². The lowest BCUT2D eigenvalue weighted by molar-refractivity contribution is 0.449.